The average molecular weight is 453 g/mol. The third kappa shape index (κ3) is 4.34. The van der Waals surface area contributed by atoms with Crippen LogP contribution in [0, 0.1) is 0 Å². The predicted octanol–water partition coefficient (Wildman–Crippen LogP) is 4.10. The van der Waals surface area contributed by atoms with Gasteiger partial charge in [-0.2, -0.15) is 0 Å². The Bertz CT molecular complexity index is 1170. The lowest BCUT2D eigenvalue weighted by Crippen LogP contribution is -2.52. The fourth-order valence-electron chi connectivity index (χ4n) is 3.74. The van der Waals surface area contributed by atoms with E-state index in [2.05, 4.69) is 10.3 Å². The van der Waals surface area contributed by atoms with Crippen LogP contribution >= 0.6 is 11.6 Å². The van der Waals surface area contributed by atoms with Gasteiger partial charge in [0, 0.05) is 18.3 Å². The number of halogens is 1. The first-order valence-corrected chi connectivity index (χ1v) is 11.1. The van der Waals surface area contributed by atoms with Crippen molar-refractivity contribution >= 4 is 40.8 Å². The molecule has 0 saturated heterocycles. The highest BCUT2D eigenvalue weighted by Crippen LogP contribution is 2.33. The van der Waals surface area contributed by atoms with Crippen LogP contribution in [-0.4, -0.2) is 39.9 Å². The lowest BCUT2D eigenvalue weighted by atomic mass is 10.1. The Balaban J connectivity index is 1.59. The van der Waals surface area contributed by atoms with Gasteiger partial charge >= 0.3 is 0 Å². The van der Waals surface area contributed by atoms with Gasteiger partial charge in [-0.15, -0.1) is 0 Å². The lowest BCUT2D eigenvalue weighted by Gasteiger charge is -2.34. The third-order valence-electron chi connectivity index (χ3n) is 5.57. The summed E-state index contributed by atoms with van der Waals surface area (Å²) in [5.41, 5.74) is 1.93. The Morgan fingerprint density at radius 3 is 2.75 bits per heavy atom. The van der Waals surface area contributed by atoms with E-state index in [1.54, 1.807) is 23.1 Å². The van der Waals surface area contributed by atoms with E-state index in [-0.39, 0.29) is 24.4 Å². The summed E-state index contributed by atoms with van der Waals surface area (Å²) in [7, 11) is 0. The van der Waals surface area contributed by atoms with Crippen LogP contribution in [0.5, 0.6) is 5.75 Å². The molecular weight excluding hydrogens is 428 g/mol. The Morgan fingerprint density at radius 2 is 1.97 bits per heavy atom. The molecule has 1 aliphatic heterocycles. The van der Waals surface area contributed by atoms with E-state index in [0.717, 1.165) is 12.8 Å². The van der Waals surface area contributed by atoms with Gasteiger partial charge in [-0.1, -0.05) is 43.6 Å². The number of rotatable bonds is 6. The normalized spacial score (nSPS) is 15.8. The highest BCUT2D eigenvalue weighted by atomic mass is 35.5. The number of hydrogen-bond donors (Lipinski definition) is 1. The van der Waals surface area contributed by atoms with Crippen molar-refractivity contribution < 1.29 is 14.3 Å². The Morgan fingerprint density at radius 1 is 1.22 bits per heavy atom. The van der Waals surface area contributed by atoms with Crippen LogP contribution in [0.3, 0.4) is 0 Å². The number of ether oxygens (including phenoxy) is 1. The van der Waals surface area contributed by atoms with Crippen molar-refractivity contribution in [2.75, 3.05) is 11.4 Å². The van der Waals surface area contributed by atoms with Crippen LogP contribution < -0.4 is 15.0 Å². The van der Waals surface area contributed by atoms with Gasteiger partial charge in [-0.25, -0.2) is 4.98 Å². The summed E-state index contributed by atoms with van der Waals surface area (Å²) in [6, 6.07) is 12.9. The van der Waals surface area contributed by atoms with Crippen molar-refractivity contribution in [2.24, 2.45) is 0 Å². The summed E-state index contributed by atoms with van der Waals surface area (Å²) < 4.78 is 7.74. The molecule has 1 N–H and O–H groups in total. The lowest BCUT2D eigenvalue weighted by molar-refractivity contribution is -0.129. The van der Waals surface area contributed by atoms with E-state index in [0.29, 0.717) is 27.9 Å². The number of nitrogens with zero attached hydrogens (tertiary/aromatic N) is 3. The minimum absolute atomic E-state index is 0.0737. The van der Waals surface area contributed by atoms with Crippen LogP contribution in [0.15, 0.2) is 54.7 Å². The molecule has 166 valence electrons. The molecule has 8 heteroatoms. The standard InChI is InChI=1S/C24H25ClN4O3/c1-3-16(4-2)26-24(31)20-15-29(17-9-5-6-10-19(17)32-20)22(30)13-12-18-23(25)27-21-11-7-8-14-28(18)21/h5-14,16,20H,3-4,15H2,1-2H3,(H,26,31)/b13-12+. The van der Waals surface area contributed by atoms with Gasteiger partial charge in [0.05, 0.1) is 17.9 Å². The minimum Gasteiger partial charge on any atom is -0.477 e. The first-order chi connectivity index (χ1) is 15.5. The number of hydrogen-bond acceptors (Lipinski definition) is 4. The van der Waals surface area contributed by atoms with Crippen molar-refractivity contribution in [1.82, 2.24) is 14.7 Å². The molecule has 0 spiro atoms. The van der Waals surface area contributed by atoms with Gasteiger partial charge in [-0.3, -0.25) is 14.0 Å². The Kier molecular flexibility index (Phi) is 6.46. The highest BCUT2D eigenvalue weighted by Gasteiger charge is 2.33. The van der Waals surface area contributed by atoms with Crippen molar-refractivity contribution in [3.05, 3.63) is 65.6 Å². The second kappa shape index (κ2) is 9.44. The fourth-order valence-corrected chi connectivity index (χ4v) is 3.98. The zero-order valence-corrected chi connectivity index (χ0v) is 18.7. The SMILES string of the molecule is CCC(CC)NC(=O)C1CN(C(=O)/C=C/c2c(Cl)nc3ccccn23)c2ccccc2O1. The molecule has 0 saturated carbocycles. The van der Waals surface area contributed by atoms with Crippen LogP contribution in [0.2, 0.25) is 5.15 Å². The zero-order valence-electron chi connectivity index (χ0n) is 18.0. The highest BCUT2D eigenvalue weighted by molar-refractivity contribution is 6.31. The molecular formula is C24H25ClN4O3. The zero-order chi connectivity index (χ0) is 22.7. The molecule has 2 aromatic heterocycles. The second-order valence-corrected chi connectivity index (χ2v) is 7.95. The molecule has 1 unspecified atom stereocenters. The molecule has 4 rings (SSSR count). The number of benzene rings is 1. The smallest absolute Gasteiger partial charge is 0.263 e. The predicted molar refractivity (Wildman–Crippen MR) is 125 cm³/mol. The van der Waals surface area contributed by atoms with Gasteiger partial charge in [-0.05, 0) is 43.2 Å². The summed E-state index contributed by atoms with van der Waals surface area (Å²) in [5, 5.41) is 3.32. The molecule has 0 radical (unpaired) electrons. The van der Waals surface area contributed by atoms with Crippen LogP contribution in [0.4, 0.5) is 5.69 Å². The maximum Gasteiger partial charge on any atom is 0.263 e. The maximum absolute atomic E-state index is 13.2. The number of anilines is 1. The molecule has 3 heterocycles. The van der Waals surface area contributed by atoms with E-state index in [1.165, 1.54) is 6.08 Å². The molecule has 3 aromatic rings. The quantitative estimate of drug-likeness (QED) is 0.571. The van der Waals surface area contributed by atoms with E-state index < -0.39 is 6.10 Å². The summed E-state index contributed by atoms with van der Waals surface area (Å²) in [5.74, 6) is 0.000809. The molecule has 0 aliphatic carbocycles. The topological polar surface area (TPSA) is 75.9 Å². The van der Waals surface area contributed by atoms with Crippen LogP contribution in [0.1, 0.15) is 32.4 Å². The monoisotopic (exact) mass is 452 g/mol. The van der Waals surface area contributed by atoms with Crippen molar-refractivity contribution in [3.8, 4) is 5.75 Å². The first-order valence-electron chi connectivity index (χ1n) is 10.7. The number of carbonyl (C=O) groups is 2. The van der Waals surface area contributed by atoms with E-state index in [4.69, 9.17) is 16.3 Å². The Hall–Kier alpha value is -3.32. The minimum atomic E-state index is -0.790. The van der Waals surface area contributed by atoms with Gasteiger partial charge < -0.3 is 15.0 Å². The van der Waals surface area contributed by atoms with E-state index in [9.17, 15) is 9.59 Å². The number of para-hydroxylation sites is 2. The number of pyridine rings is 1. The molecule has 7 nitrogen and oxygen atoms in total. The molecule has 32 heavy (non-hydrogen) atoms. The number of amides is 2. The average Bonchev–Trinajstić information content (AvgIpc) is 3.14. The molecule has 1 aromatic carbocycles. The van der Waals surface area contributed by atoms with Crippen LogP contribution in [-0.2, 0) is 9.59 Å². The second-order valence-electron chi connectivity index (χ2n) is 7.60. The first kappa shape index (κ1) is 21.9. The van der Waals surface area contributed by atoms with Crippen molar-refractivity contribution in [3.63, 3.8) is 0 Å². The van der Waals surface area contributed by atoms with Gasteiger partial charge in [0.15, 0.2) is 11.3 Å². The molecule has 1 atom stereocenters. The van der Waals surface area contributed by atoms with Crippen molar-refractivity contribution in [2.45, 2.75) is 38.8 Å². The third-order valence-corrected chi connectivity index (χ3v) is 5.85. The number of aromatic nitrogens is 2. The molecule has 0 fully saturated rings. The summed E-state index contributed by atoms with van der Waals surface area (Å²) in [6.45, 7) is 4.17. The van der Waals surface area contributed by atoms with E-state index >= 15 is 0 Å². The number of fused-ring (bicyclic) bond motifs is 2. The van der Waals surface area contributed by atoms with Gasteiger partial charge in [0.1, 0.15) is 11.4 Å². The summed E-state index contributed by atoms with van der Waals surface area (Å²) >= 11 is 6.28. The van der Waals surface area contributed by atoms with Gasteiger partial charge in [0.25, 0.3) is 11.8 Å². The summed E-state index contributed by atoms with van der Waals surface area (Å²) in [4.78, 5) is 31.9. The number of nitrogens with one attached hydrogen (secondary N) is 1. The van der Waals surface area contributed by atoms with Crippen molar-refractivity contribution in [1.29, 1.82) is 0 Å². The fraction of sp³-hybridized carbons (Fsp3) is 0.292. The Labute approximate surface area is 191 Å². The maximum atomic E-state index is 13.2. The van der Waals surface area contributed by atoms with Crippen LogP contribution in [0.25, 0.3) is 11.7 Å². The number of imidazole rings is 1. The molecule has 2 amide bonds. The largest absolute Gasteiger partial charge is 0.477 e. The number of carbonyl (C=O) groups excluding carboxylic acids is 2. The molecule has 0 bridgehead atoms. The van der Waals surface area contributed by atoms with Gasteiger partial charge in [0.2, 0.25) is 0 Å². The molecule has 1 aliphatic rings. The van der Waals surface area contributed by atoms with E-state index in [1.807, 2.05) is 54.8 Å². The summed E-state index contributed by atoms with van der Waals surface area (Å²) in [6.07, 6.45) is 5.79.